The van der Waals surface area contributed by atoms with Crippen molar-refractivity contribution in [2.75, 3.05) is 0 Å². The van der Waals surface area contributed by atoms with E-state index in [-0.39, 0.29) is 5.54 Å². The van der Waals surface area contributed by atoms with Crippen molar-refractivity contribution in [2.45, 2.75) is 46.7 Å². The minimum Gasteiger partial charge on any atom is -0.324 e. The molecule has 1 aromatic heterocycles. The van der Waals surface area contributed by atoms with Crippen LogP contribution >= 0.6 is 0 Å². The van der Waals surface area contributed by atoms with Crippen molar-refractivity contribution in [3.05, 3.63) is 53.1 Å². The quantitative estimate of drug-likeness (QED) is 0.781. The van der Waals surface area contributed by atoms with Crippen LogP contribution in [-0.2, 0) is 6.54 Å². The summed E-state index contributed by atoms with van der Waals surface area (Å²) in [5.74, 6) is 0.989. The number of nitrogens with zero attached hydrogens (tertiary/aromatic N) is 2. The van der Waals surface area contributed by atoms with E-state index in [0.29, 0.717) is 0 Å². The summed E-state index contributed by atoms with van der Waals surface area (Å²) in [5, 5.41) is 0. The summed E-state index contributed by atoms with van der Waals surface area (Å²) in [4.78, 5) is 4.91. The standard InChI is InChI=1S/C20H25N3/c1-13-6-8-16(9-7-13)19-22-17-10-14(2)15(3)11-18(17)23(19)12-20(4,5)21/h6-11H,12,21H2,1-5H3. The zero-order valence-corrected chi connectivity index (χ0v) is 14.6. The van der Waals surface area contributed by atoms with Crippen molar-refractivity contribution >= 4 is 11.0 Å². The minimum absolute atomic E-state index is 0.300. The van der Waals surface area contributed by atoms with E-state index in [4.69, 9.17) is 10.7 Å². The van der Waals surface area contributed by atoms with Crippen LogP contribution in [0.3, 0.4) is 0 Å². The van der Waals surface area contributed by atoms with Gasteiger partial charge < -0.3 is 10.3 Å². The first kappa shape index (κ1) is 15.8. The van der Waals surface area contributed by atoms with Crippen LogP contribution in [0.25, 0.3) is 22.4 Å². The third-order valence-electron chi connectivity index (χ3n) is 4.24. The molecule has 3 nitrogen and oxygen atoms in total. The molecule has 0 saturated carbocycles. The smallest absolute Gasteiger partial charge is 0.141 e. The van der Waals surface area contributed by atoms with E-state index in [0.717, 1.165) is 29.0 Å². The van der Waals surface area contributed by atoms with Crippen LogP contribution in [-0.4, -0.2) is 15.1 Å². The lowest BCUT2D eigenvalue weighted by molar-refractivity contribution is 0.442. The Kier molecular flexibility index (Phi) is 3.77. The maximum Gasteiger partial charge on any atom is 0.141 e. The maximum atomic E-state index is 6.31. The Morgan fingerprint density at radius 1 is 1.00 bits per heavy atom. The van der Waals surface area contributed by atoms with Crippen molar-refractivity contribution in [3.63, 3.8) is 0 Å². The summed E-state index contributed by atoms with van der Waals surface area (Å²) in [7, 11) is 0. The molecule has 0 atom stereocenters. The van der Waals surface area contributed by atoms with Gasteiger partial charge in [0, 0.05) is 17.6 Å². The van der Waals surface area contributed by atoms with E-state index in [1.165, 1.54) is 16.7 Å². The molecule has 0 aliphatic carbocycles. The number of aromatic nitrogens is 2. The Morgan fingerprint density at radius 3 is 2.22 bits per heavy atom. The number of rotatable bonds is 3. The second-order valence-electron chi connectivity index (χ2n) is 7.30. The molecule has 0 fully saturated rings. The van der Waals surface area contributed by atoms with Crippen LogP contribution < -0.4 is 5.73 Å². The second kappa shape index (κ2) is 5.50. The van der Waals surface area contributed by atoms with Crippen molar-refractivity contribution in [1.29, 1.82) is 0 Å². The predicted molar refractivity (Wildman–Crippen MR) is 97.6 cm³/mol. The van der Waals surface area contributed by atoms with Crippen LogP contribution in [0.5, 0.6) is 0 Å². The lowest BCUT2D eigenvalue weighted by Gasteiger charge is -2.21. The molecule has 120 valence electrons. The van der Waals surface area contributed by atoms with E-state index in [1.807, 2.05) is 0 Å². The lowest BCUT2D eigenvalue weighted by Crippen LogP contribution is -2.37. The van der Waals surface area contributed by atoms with Crippen LogP contribution in [0.4, 0.5) is 0 Å². The molecule has 0 saturated heterocycles. The third-order valence-corrected chi connectivity index (χ3v) is 4.24. The first-order valence-electron chi connectivity index (χ1n) is 8.08. The monoisotopic (exact) mass is 307 g/mol. The summed E-state index contributed by atoms with van der Waals surface area (Å²) in [5.41, 5.74) is 13.1. The Hall–Kier alpha value is -2.13. The van der Waals surface area contributed by atoms with Gasteiger partial charge in [0.25, 0.3) is 0 Å². The Labute approximate surface area is 138 Å². The summed E-state index contributed by atoms with van der Waals surface area (Å²) in [6, 6.07) is 12.9. The van der Waals surface area contributed by atoms with Crippen LogP contribution in [0, 0.1) is 20.8 Å². The highest BCUT2D eigenvalue weighted by atomic mass is 15.1. The molecule has 0 aliphatic heterocycles. The van der Waals surface area contributed by atoms with E-state index in [2.05, 4.69) is 75.6 Å². The van der Waals surface area contributed by atoms with Crippen LogP contribution in [0.15, 0.2) is 36.4 Å². The SMILES string of the molecule is Cc1ccc(-c2nc3cc(C)c(C)cc3n2CC(C)(C)N)cc1. The Morgan fingerprint density at radius 2 is 1.61 bits per heavy atom. The zero-order valence-electron chi connectivity index (χ0n) is 14.6. The van der Waals surface area contributed by atoms with Crippen molar-refractivity contribution in [3.8, 4) is 11.4 Å². The average Bonchev–Trinajstić information content (AvgIpc) is 2.77. The van der Waals surface area contributed by atoms with Crippen LogP contribution in [0.1, 0.15) is 30.5 Å². The Bertz CT molecular complexity index is 849. The molecule has 0 bridgehead atoms. The number of hydrogen-bond donors (Lipinski definition) is 1. The molecular weight excluding hydrogens is 282 g/mol. The van der Waals surface area contributed by atoms with E-state index < -0.39 is 0 Å². The van der Waals surface area contributed by atoms with Gasteiger partial charge in [-0.1, -0.05) is 29.8 Å². The number of hydrogen-bond acceptors (Lipinski definition) is 2. The highest BCUT2D eigenvalue weighted by Crippen LogP contribution is 2.28. The second-order valence-corrected chi connectivity index (χ2v) is 7.30. The van der Waals surface area contributed by atoms with Crippen molar-refractivity contribution in [1.82, 2.24) is 9.55 Å². The number of fused-ring (bicyclic) bond motifs is 1. The molecule has 0 amide bonds. The van der Waals surface area contributed by atoms with Crippen LogP contribution in [0.2, 0.25) is 0 Å². The molecule has 3 rings (SSSR count). The topological polar surface area (TPSA) is 43.8 Å². The highest BCUT2D eigenvalue weighted by molar-refractivity contribution is 5.82. The predicted octanol–water partition coefficient (Wildman–Crippen LogP) is 4.37. The lowest BCUT2D eigenvalue weighted by atomic mass is 10.1. The molecule has 23 heavy (non-hydrogen) atoms. The van der Waals surface area contributed by atoms with Crippen molar-refractivity contribution in [2.24, 2.45) is 5.73 Å². The summed E-state index contributed by atoms with van der Waals surface area (Å²) >= 11 is 0. The minimum atomic E-state index is -0.300. The molecule has 0 spiro atoms. The normalized spacial score (nSPS) is 12.1. The van der Waals surface area contributed by atoms with Gasteiger partial charge in [-0.2, -0.15) is 0 Å². The fourth-order valence-electron chi connectivity index (χ4n) is 2.87. The number of benzene rings is 2. The summed E-state index contributed by atoms with van der Waals surface area (Å²) < 4.78 is 2.26. The fraction of sp³-hybridized carbons (Fsp3) is 0.350. The molecule has 2 N–H and O–H groups in total. The van der Waals surface area contributed by atoms with Crippen molar-refractivity contribution < 1.29 is 0 Å². The first-order valence-corrected chi connectivity index (χ1v) is 8.08. The zero-order chi connectivity index (χ0) is 16.8. The molecular formula is C20H25N3. The number of imidazole rings is 1. The summed E-state index contributed by atoms with van der Waals surface area (Å²) in [6.45, 7) is 11.2. The third kappa shape index (κ3) is 3.15. The van der Waals surface area contributed by atoms with Gasteiger partial charge in [-0.25, -0.2) is 4.98 Å². The van der Waals surface area contributed by atoms with Gasteiger partial charge >= 0.3 is 0 Å². The van der Waals surface area contributed by atoms with E-state index in [1.54, 1.807) is 0 Å². The van der Waals surface area contributed by atoms with Gasteiger partial charge in [-0.3, -0.25) is 0 Å². The van der Waals surface area contributed by atoms with E-state index in [9.17, 15) is 0 Å². The summed E-state index contributed by atoms with van der Waals surface area (Å²) in [6.07, 6.45) is 0. The largest absolute Gasteiger partial charge is 0.324 e. The molecule has 2 aromatic carbocycles. The first-order chi connectivity index (χ1) is 10.7. The van der Waals surface area contributed by atoms with Gasteiger partial charge in [0.05, 0.1) is 11.0 Å². The number of aryl methyl sites for hydroxylation is 3. The fourth-order valence-corrected chi connectivity index (χ4v) is 2.87. The molecule has 0 radical (unpaired) electrons. The average molecular weight is 307 g/mol. The molecule has 3 aromatic rings. The van der Waals surface area contributed by atoms with Gasteiger partial charge in [-0.15, -0.1) is 0 Å². The molecule has 0 aliphatic rings. The highest BCUT2D eigenvalue weighted by Gasteiger charge is 2.19. The molecule has 1 heterocycles. The molecule has 3 heteroatoms. The Balaban J connectivity index is 2.26. The number of nitrogens with two attached hydrogens (primary N) is 1. The van der Waals surface area contributed by atoms with Gasteiger partial charge in [0.1, 0.15) is 5.82 Å². The van der Waals surface area contributed by atoms with E-state index >= 15 is 0 Å². The van der Waals surface area contributed by atoms with Gasteiger partial charge in [-0.05, 0) is 57.9 Å². The maximum absolute atomic E-state index is 6.31. The van der Waals surface area contributed by atoms with Gasteiger partial charge in [0.2, 0.25) is 0 Å². The van der Waals surface area contributed by atoms with Gasteiger partial charge in [0.15, 0.2) is 0 Å². The molecule has 0 unspecified atom stereocenters.